The average molecular weight is 248 g/mol. The highest BCUT2D eigenvalue weighted by molar-refractivity contribution is 6.02. The molecular weight excluding hydrogens is 232 g/mol. The Morgan fingerprint density at radius 3 is 2.89 bits per heavy atom. The molecule has 3 N–H and O–H groups in total. The largest absolute Gasteiger partial charge is 0.389 e. The van der Waals surface area contributed by atoms with Gasteiger partial charge in [0.1, 0.15) is 0 Å². The van der Waals surface area contributed by atoms with E-state index in [1.165, 1.54) is 0 Å². The summed E-state index contributed by atoms with van der Waals surface area (Å²) in [7, 11) is 0. The maximum absolute atomic E-state index is 11.8. The van der Waals surface area contributed by atoms with Crippen molar-refractivity contribution in [1.82, 2.24) is 5.32 Å². The molecule has 0 saturated heterocycles. The zero-order valence-electron chi connectivity index (χ0n) is 10.4. The molecule has 96 valence electrons. The molecular formula is C13H16N2O3. The molecule has 0 aliphatic carbocycles. The summed E-state index contributed by atoms with van der Waals surface area (Å²) in [5.41, 5.74) is 1.12. The lowest BCUT2D eigenvalue weighted by atomic mass is 10.1. The van der Waals surface area contributed by atoms with Crippen molar-refractivity contribution in [1.29, 1.82) is 0 Å². The van der Waals surface area contributed by atoms with Gasteiger partial charge in [-0.1, -0.05) is 6.07 Å². The van der Waals surface area contributed by atoms with E-state index in [0.717, 1.165) is 5.56 Å². The highest BCUT2D eigenvalue weighted by atomic mass is 16.3. The Morgan fingerprint density at radius 1 is 1.50 bits per heavy atom. The highest BCUT2D eigenvalue weighted by Crippen LogP contribution is 2.23. The molecule has 1 heterocycles. The zero-order valence-corrected chi connectivity index (χ0v) is 10.4. The number of carbonyl (C=O) groups excluding carboxylic acids is 2. The Morgan fingerprint density at radius 2 is 2.22 bits per heavy atom. The summed E-state index contributed by atoms with van der Waals surface area (Å²) < 4.78 is 0. The van der Waals surface area contributed by atoms with Crippen molar-refractivity contribution in [3.63, 3.8) is 0 Å². The van der Waals surface area contributed by atoms with Crippen molar-refractivity contribution >= 4 is 17.5 Å². The van der Waals surface area contributed by atoms with Crippen LogP contribution in [0.15, 0.2) is 18.2 Å². The first-order valence-corrected chi connectivity index (χ1v) is 5.78. The van der Waals surface area contributed by atoms with Gasteiger partial charge in [-0.05, 0) is 31.5 Å². The van der Waals surface area contributed by atoms with E-state index in [-0.39, 0.29) is 18.4 Å². The number of anilines is 1. The van der Waals surface area contributed by atoms with Crippen LogP contribution in [0, 0.1) is 0 Å². The van der Waals surface area contributed by atoms with Gasteiger partial charge in [0, 0.05) is 17.8 Å². The van der Waals surface area contributed by atoms with Gasteiger partial charge in [0.2, 0.25) is 5.91 Å². The van der Waals surface area contributed by atoms with Crippen LogP contribution in [0.5, 0.6) is 0 Å². The fourth-order valence-electron chi connectivity index (χ4n) is 1.75. The SMILES string of the molecule is CC(C)(O)CNC(=O)c1ccc2c(c1)NC(=O)C2. The van der Waals surface area contributed by atoms with Crippen molar-refractivity contribution in [3.05, 3.63) is 29.3 Å². The molecule has 0 aromatic heterocycles. The van der Waals surface area contributed by atoms with Gasteiger partial charge in [-0.25, -0.2) is 0 Å². The van der Waals surface area contributed by atoms with E-state index < -0.39 is 5.60 Å². The summed E-state index contributed by atoms with van der Waals surface area (Å²) in [6.45, 7) is 3.42. The molecule has 0 radical (unpaired) electrons. The van der Waals surface area contributed by atoms with Crippen LogP contribution in [0.3, 0.4) is 0 Å². The number of benzene rings is 1. The number of amides is 2. The van der Waals surface area contributed by atoms with Crippen LogP contribution in [0.4, 0.5) is 5.69 Å². The first-order valence-electron chi connectivity index (χ1n) is 5.78. The minimum atomic E-state index is -0.944. The summed E-state index contributed by atoms with van der Waals surface area (Å²) >= 11 is 0. The fourth-order valence-corrected chi connectivity index (χ4v) is 1.75. The number of nitrogens with one attached hydrogen (secondary N) is 2. The van der Waals surface area contributed by atoms with Gasteiger partial charge in [-0.15, -0.1) is 0 Å². The van der Waals surface area contributed by atoms with E-state index in [1.807, 2.05) is 0 Å². The van der Waals surface area contributed by atoms with Crippen LogP contribution < -0.4 is 10.6 Å². The molecule has 1 aliphatic rings. The second-order valence-electron chi connectivity index (χ2n) is 5.09. The van der Waals surface area contributed by atoms with E-state index in [9.17, 15) is 14.7 Å². The summed E-state index contributed by atoms with van der Waals surface area (Å²) in [5, 5.41) is 14.9. The molecule has 2 amide bonds. The van der Waals surface area contributed by atoms with E-state index in [0.29, 0.717) is 17.7 Å². The predicted molar refractivity (Wildman–Crippen MR) is 67.4 cm³/mol. The summed E-state index contributed by atoms with van der Waals surface area (Å²) in [6, 6.07) is 5.10. The van der Waals surface area contributed by atoms with Gasteiger partial charge >= 0.3 is 0 Å². The lowest BCUT2D eigenvalue weighted by Crippen LogP contribution is -2.38. The standard InChI is InChI=1S/C13H16N2O3/c1-13(2,18)7-14-12(17)9-4-3-8-6-11(16)15-10(8)5-9/h3-5,18H,6-7H2,1-2H3,(H,14,17)(H,15,16). The Balaban J connectivity index is 2.08. The van der Waals surface area contributed by atoms with E-state index in [2.05, 4.69) is 10.6 Å². The predicted octanol–water partition coefficient (Wildman–Crippen LogP) is 0.682. The van der Waals surface area contributed by atoms with Crippen molar-refractivity contribution in [2.24, 2.45) is 0 Å². The number of hydrogen-bond acceptors (Lipinski definition) is 3. The molecule has 0 atom stereocenters. The Bertz CT molecular complexity index is 503. The summed E-state index contributed by atoms with van der Waals surface area (Å²) in [4.78, 5) is 23.0. The van der Waals surface area contributed by atoms with Crippen molar-refractivity contribution < 1.29 is 14.7 Å². The van der Waals surface area contributed by atoms with E-state index in [1.54, 1.807) is 32.0 Å². The Labute approximate surface area is 105 Å². The molecule has 0 spiro atoms. The summed E-state index contributed by atoms with van der Waals surface area (Å²) in [5.74, 6) is -0.319. The van der Waals surface area contributed by atoms with Crippen LogP contribution in [0.2, 0.25) is 0 Å². The van der Waals surface area contributed by atoms with Crippen LogP contribution >= 0.6 is 0 Å². The fraction of sp³-hybridized carbons (Fsp3) is 0.385. The van der Waals surface area contributed by atoms with Gasteiger partial charge in [0.05, 0.1) is 12.0 Å². The normalized spacial score (nSPS) is 14.1. The topological polar surface area (TPSA) is 78.4 Å². The first-order chi connectivity index (χ1) is 8.35. The second kappa shape index (κ2) is 4.42. The molecule has 0 saturated carbocycles. The second-order valence-corrected chi connectivity index (χ2v) is 5.09. The molecule has 0 fully saturated rings. The minimum Gasteiger partial charge on any atom is -0.389 e. The molecule has 18 heavy (non-hydrogen) atoms. The number of fused-ring (bicyclic) bond motifs is 1. The smallest absolute Gasteiger partial charge is 0.251 e. The molecule has 1 aromatic rings. The molecule has 5 nitrogen and oxygen atoms in total. The molecule has 1 aromatic carbocycles. The summed E-state index contributed by atoms with van der Waals surface area (Å²) in [6.07, 6.45) is 0.362. The van der Waals surface area contributed by atoms with Crippen molar-refractivity contribution in [3.8, 4) is 0 Å². The van der Waals surface area contributed by atoms with E-state index >= 15 is 0 Å². The van der Waals surface area contributed by atoms with Crippen LogP contribution in [0.1, 0.15) is 29.8 Å². The van der Waals surface area contributed by atoms with Gasteiger partial charge in [0.25, 0.3) is 5.91 Å². The lowest BCUT2D eigenvalue weighted by molar-refractivity contribution is -0.115. The third-order valence-corrected chi connectivity index (χ3v) is 2.68. The maximum Gasteiger partial charge on any atom is 0.251 e. The number of carbonyl (C=O) groups is 2. The maximum atomic E-state index is 11.8. The minimum absolute atomic E-state index is 0.0564. The molecule has 1 aliphatic heterocycles. The third-order valence-electron chi connectivity index (χ3n) is 2.68. The number of rotatable bonds is 3. The highest BCUT2D eigenvalue weighted by Gasteiger charge is 2.20. The molecule has 0 bridgehead atoms. The Kier molecular flexibility index (Phi) is 3.09. The third kappa shape index (κ3) is 2.87. The van der Waals surface area contributed by atoms with Gasteiger partial charge in [-0.2, -0.15) is 0 Å². The van der Waals surface area contributed by atoms with Gasteiger partial charge in [-0.3, -0.25) is 9.59 Å². The van der Waals surface area contributed by atoms with Crippen molar-refractivity contribution in [2.75, 3.05) is 11.9 Å². The van der Waals surface area contributed by atoms with Crippen LogP contribution in [0.25, 0.3) is 0 Å². The molecule has 5 heteroatoms. The number of aliphatic hydroxyl groups is 1. The quantitative estimate of drug-likeness (QED) is 0.736. The Hall–Kier alpha value is -1.88. The number of hydrogen-bond donors (Lipinski definition) is 3. The van der Waals surface area contributed by atoms with Crippen molar-refractivity contribution in [2.45, 2.75) is 25.9 Å². The average Bonchev–Trinajstić information content (AvgIpc) is 2.63. The molecule has 2 rings (SSSR count). The monoisotopic (exact) mass is 248 g/mol. The van der Waals surface area contributed by atoms with Crippen LogP contribution in [-0.4, -0.2) is 29.1 Å². The first kappa shape index (κ1) is 12.6. The lowest BCUT2D eigenvalue weighted by Gasteiger charge is -2.17. The molecule has 0 unspecified atom stereocenters. The van der Waals surface area contributed by atoms with Gasteiger partial charge < -0.3 is 15.7 Å². The zero-order chi connectivity index (χ0) is 13.3. The van der Waals surface area contributed by atoms with E-state index in [4.69, 9.17) is 0 Å². The van der Waals surface area contributed by atoms with Gasteiger partial charge in [0.15, 0.2) is 0 Å². The van der Waals surface area contributed by atoms with Crippen LogP contribution in [-0.2, 0) is 11.2 Å².